The predicted octanol–water partition coefficient (Wildman–Crippen LogP) is 2.49. The summed E-state index contributed by atoms with van der Waals surface area (Å²) >= 11 is 1.73. The van der Waals surface area contributed by atoms with Crippen molar-refractivity contribution in [2.75, 3.05) is 5.75 Å². The lowest BCUT2D eigenvalue weighted by atomic mass is 9.92. The Morgan fingerprint density at radius 3 is 2.94 bits per heavy atom. The molecule has 0 bridgehead atoms. The van der Waals surface area contributed by atoms with Crippen molar-refractivity contribution in [2.45, 2.75) is 37.5 Å². The van der Waals surface area contributed by atoms with Gasteiger partial charge in [0.15, 0.2) is 0 Å². The fraction of sp³-hybridized carbons (Fsp3) is 0.583. The molecule has 0 aliphatic heterocycles. The van der Waals surface area contributed by atoms with Gasteiger partial charge in [0.25, 0.3) is 0 Å². The van der Waals surface area contributed by atoms with E-state index in [1.807, 2.05) is 19.1 Å². The Hall–Kier alpha value is -0.940. The monoisotopic (exact) mass is 257 g/mol. The van der Waals surface area contributed by atoms with Gasteiger partial charge in [-0.2, -0.15) is 11.8 Å². The predicted molar refractivity (Wildman–Crippen MR) is 68.9 cm³/mol. The van der Waals surface area contributed by atoms with E-state index >= 15 is 0 Å². The van der Waals surface area contributed by atoms with Gasteiger partial charge in [0, 0.05) is 0 Å². The standard InChI is InChI=1S/C12H19NO3S/c1-2-12(13,11(14)15)6-4-8-17-9-10-5-3-7-16-10/h3,5,7H,2,4,6,8-9,13H2,1H3,(H,14,15). The van der Waals surface area contributed by atoms with Crippen LogP contribution in [0.2, 0.25) is 0 Å². The number of carboxylic acid groups (broad SMARTS) is 1. The molecule has 0 radical (unpaired) electrons. The molecule has 1 rings (SSSR count). The molecule has 1 atom stereocenters. The smallest absolute Gasteiger partial charge is 0.323 e. The Labute approximate surface area is 106 Å². The number of carbonyl (C=O) groups is 1. The van der Waals surface area contributed by atoms with E-state index < -0.39 is 11.5 Å². The number of carboxylic acids is 1. The van der Waals surface area contributed by atoms with E-state index in [1.165, 1.54) is 0 Å². The number of rotatable bonds is 8. The SMILES string of the molecule is CCC(N)(CCCSCc1ccco1)C(=O)O. The van der Waals surface area contributed by atoms with Crippen molar-refractivity contribution >= 4 is 17.7 Å². The van der Waals surface area contributed by atoms with Gasteiger partial charge >= 0.3 is 5.97 Å². The molecule has 0 amide bonds. The molecule has 0 aliphatic carbocycles. The van der Waals surface area contributed by atoms with Gasteiger partial charge in [-0.25, -0.2) is 0 Å². The number of thioether (sulfide) groups is 1. The summed E-state index contributed by atoms with van der Waals surface area (Å²) in [6.07, 6.45) is 3.44. The minimum Gasteiger partial charge on any atom is -0.480 e. The van der Waals surface area contributed by atoms with Crippen molar-refractivity contribution in [2.24, 2.45) is 5.73 Å². The Morgan fingerprint density at radius 2 is 2.41 bits per heavy atom. The molecule has 0 aliphatic rings. The van der Waals surface area contributed by atoms with Gasteiger partial charge in [-0.05, 0) is 37.1 Å². The zero-order chi connectivity index (χ0) is 12.7. The van der Waals surface area contributed by atoms with Crippen LogP contribution in [-0.4, -0.2) is 22.4 Å². The lowest BCUT2D eigenvalue weighted by Crippen LogP contribution is -2.47. The highest BCUT2D eigenvalue weighted by Gasteiger charge is 2.30. The summed E-state index contributed by atoms with van der Waals surface area (Å²) < 4.78 is 5.20. The third kappa shape index (κ3) is 4.44. The van der Waals surface area contributed by atoms with Crippen LogP contribution >= 0.6 is 11.8 Å². The van der Waals surface area contributed by atoms with Crippen LogP contribution in [0.15, 0.2) is 22.8 Å². The number of aliphatic carboxylic acids is 1. The van der Waals surface area contributed by atoms with Gasteiger partial charge in [0.05, 0.1) is 12.0 Å². The van der Waals surface area contributed by atoms with E-state index in [0.717, 1.165) is 23.7 Å². The van der Waals surface area contributed by atoms with E-state index in [1.54, 1.807) is 18.0 Å². The first-order valence-corrected chi connectivity index (χ1v) is 6.86. The Balaban J connectivity index is 2.17. The van der Waals surface area contributed by atoms with Gasteiger partial charge in [0.2, 0.25) is 0 Å². The summed E-state index contributed by atoms with van der Waals surface area (Å²) in [5, 5.41) is 8.99. The highest BCUT2D eigenvalue weighted by atomic mass is 32.2. The molecule has 5 heteroatoms. The topological polar surface area (TPSA) is 76.5 Å². The molecule has 1 aromatic rings. The zero-order valence-corrected chi connectivity index (χ0v) is 10.8. The van der Waals surface area contributed by atoms with Gasteiger partial charge in [-0.15, -0.1) is 0 Å². The van der Waals surface area contributed by atoms with Crippen molar-refractivity contribution < 1.29 is 14.3 Å². The van der Waals surface area contributed by atoms with Crippen LogP contribution in [0.3, 0.4) is 0 Å². The first-order valence-electron chi connectivity index (χ1n) is 5.71. The molecule has 96 valence electrons. The summed E-state index contributed by atoms with van der Waals surface area (Å²) in [4.78, 5) is 11.0. The number of nitrogens with two attached hydrogens (primary N) is 1. The second kappa shape index (κ2) is 6.71. The van der Waals surface area contributed by atoms with E-state index in [-0.39, 0.29) is 0 Å². The molecule has 0 spiro atoms. The molecule has 4 nitrogen and oxygen atoms in total. The zero-order valence-electron chi connectivity index (χ0n) is 10.0. The summed E-state index contributed by atoms with van der Waals surface area (Å²) in [7, 11) is 0. The van der Waals surface area contributed by atoms with Crippen molar-refractivity contribution in [1.29, 1.82) is 0 Å². The summed E-state index contributed by atoms with van der Waals surface area (Å²) in [5.41, 5.74) is 4.73. The van der Waals surface area contributed by atoms with E-state index in [4.69, 9.17) is 15.3 Å². The van der Waals surface area contributed by atoms with Crippen LogP contribution < -0.4 is 5.73 Å². The van der Waals surface area contributed by atoms with Gasteiger partial charge in [0.1, 0.15) is 11.3 Å². The van der Waals surface area contributed by atoms with Crippen molar-refractivity contribution in [3.63, 3.8) is 0 Å². The lowest BCUT2D eigenvalue weighted by Gasteiger charge is -2.22. The average Bonchev–Trinajstić information content (AvgIpc) is 2.81. The van der Waals surface area contributed by atoms with Gasteiger partial charge in [-0.3, -0.25) is 4.79 Å². The Bertz CT molecular complexity index is 340. The maximum absolute atomic E-state index is 11.0. The average molecular weight is 257 g/mol. The number of hydrogen-bond donors (Lipinski definition) is 2. The third-order valence-electron chi connectivity index (χ3n) is 2.79. The van der Waals surface area contributed by atoms with E-state index in [9.17, 15) is 4.79 Å². The molecule has 1 unspecified atom stereocenters. The molecule has 0 aromatic carbocycles. The first-order chi connectivity index (χ1) is 8.08. The molecule has 3 N–H and O–H groups in total. The lowest BCUT2D eigenvalue weighted by molar-refractivity contribution is -0.143. The molecule has 0 saturated heterocycles. The summed E-state index contributed by atoms with van der Waals surface area (Å²) in [5.74, 6) is 1.76. The molecule has 17 heavy (non-hydrogen) atoms. The van der Waals surface area contributed by atoms with Gasteiger partial charge < -0.3 is 15.3 Å². The first kappa shape index (κ1) is 14.1. The minimum atomic E-state index is -1.06. The van der Waals surface area contributed by atoms with Gasteiger partial charge in [-0.1, -0.05) is 6.92 Å². The van der Waals surface area contributed by atoms with Crippen molar-refractivity contribution in [3.8, 4) is 0 Å². The fourth-order valence-electron chi connectivity index (χ4n) is 1.49. The maximum Gasteiger partial charge on any atom is 0.323 e. The maximum atomic E-state index is 11.0. The van der Waals surface area contributed by atoms with Crippen LogP contribution in [-0.2, 0) is 10.5 Å². The van der Waals surface area contributed by atoms with Crippen molar-refractivity contribution in [3.05, 3.63) is 24.2 Å². The molecule has 0 fully saturated rings. The van der Waals surface area contributed by atoms with Crippen LogP contribution in [0.25, 0.3) is 0 Å². The Kier molecular flexibility index (Phi) is 5.58. The highest BCUT2D eigenvalue weighted by molar-refractivity contribution is 7.98. The molecule has 1 aromatic heterocycles. The minimum absolute atomic E-state index is 0.463. The van der Waals surface area contributed by atoms with Crippen LogP contribution in [0, 0.1) is 0 Å². The van der Waals surface area contributed by atoms with Crippen LogP contribution in [0.4, 0.5) is 0 Å². The normalized spacial score (nSPS) is 14.5. The molecule has 0 saturated carbocycles. The second-order valence-electron chi connectivity index (χ2n) is 4.05. The fourth-order valence-corrected chi connectivity index (χ4v) is 2.35. The van der Waals surface area contributed by atoms with E-state index in [0.29, 0.717) is 12.8 Å². The van der Waals surface area contributed by atoms with Crippen LogP contribution in [0.1, 0.15) is 31.9 Å². The second-order valence-corrected chi connectivity index (χ2v) is 5.16. The number of hydrogen-bond acceptors (Lipinski definition) is 4. The largest absolute Gasteiger partial charge is 0.480 e. The molecule has 1 heterocycles. The molecular weight excluding hydrogens is 238 g/mol. The summed E-state index contributed by atoms with van der Waals surface area (Å²) in [6.45, 7) is 1.81. The highest BCUT2D eigenvalue weighted by Crippen LogP contribution is 2.19. The third-order valence-corrected chi connectivity index (χ3v) is 3.86. The van der Waals surface area contributed by atoms with Crippen molar-refractivity contribution in [1.82, 2.24) is 0 Å². The van der Waals surface area contributed by atoms with E-state index in [2.05, 4.69) is 0 Å². The quantitative estimate of drug-likeness (QED) is 0.700. The summed E-state index contributed by atoms with van der Waals surface area (Å²) in [6, 6.07) is 3.80. The number of furan rings is 1. The Morgan fingerprint density at radius 1 is 1.65 bits per heavy atom. The molecular formula is C12H19NO3S. The van der Waals surface area contributed by atoms with Crippen LogP contribution in [0.5, 0.6) is 0 Å².